The molecule has 0 spiro atoms. The highest BCUT2D eigenvalue weighted by Gasteiger charge is 2.40. The van der Waals surface area contributed by atoms with Gasteiger partial charge in [-0.1, -0.05) is 25.8 Å². The van der Waals surface area contributed by atoms with Gasteiger partial charge in [0.25, 0.3) is 0 Å². The maximum atomic E-state index is 13.2. The van der Waals surface area contributed by atoms with Crippen LogP contribution in [0.2, 0.25) is 0 Å². The van der Waals surface area contributed by atoms with Crippen molar-refractivity contribution in [3.05, 3.63) is 30.1 Å². The van der Waals surface area contributed by atoms with Crippen molar-refractivity contribution in [2.45, 2.75) is 44.6 Å². The van der Waals surface area contributed by atoms with Crippen molar-refractivity contribution >= 4 is 11.7 Å². The number of nitrogens with one attached hydrogen (secondary N) is 1. The SMILES string of the molecule is CCCN(C(=O)Nc1cccc(F)c1)C1(CN)CCCC1. The Balaban J connectivity index is 2.15. The predicted molar refractivity (Wildman–Crippen MR) is 82.7 cm³/mol. The molecule has 2 rings (SSSR count). The van der Waals surface area contributed by atoms with E-state index in [4.69, 9.17) is 5.73 Å². The first kappa shape index (κ1) is 15.8. The molecule has 1 fully saturated rings. The maximum absolute atomic E-state index is 13.2. The van der Waals surface area contributed by atoms with E-state index in [1.54, 1.807) is 12.1 Å². The number of nitrogens with two attached hydrogens (primary N) is 1. The summed E-state index contributed by atoms with van der Waals surface area (Å²) in [5, 5.41) is 2.80. The number of halogens is 1. The summed E-state index contributed by atoms with van der Waals surface area (Å²) >= 11 is 0. The van der Waals surface area contributed by atoms with Crippen molar-refractivity contribution < 1.29 is 9.18 Å². The number of rotatable bonds is 5. The van der Waals surface area contributed by atoms with E-state index in [0.717, 1.165) is 32.1 Å². The van der Waals surface area contributed by atoms with Gasteiger partial charge in [0, 0.05) is 18.8 Å². The zero-order chi connectivity index (χ0) is 15.3. The Labute approximate surface area is 125 Å². The van der Waals surface area contributed by atoms with E-state index in [-0.39, 0.29) is 17.4 Å². The third-order valence-corrected chi connectivity index (χ3v) is 4.26. The second-order valence-electron chi connectivity index (χ2n) is 5.73. The summed E-state index contributed by atoms with van der Waals surface area (Å²) in [6, 6.07) is 5.77. The van der Waals surface area contributed by atoms with Crippen molar-refractivity contribution in [1.29, 1.82) is 0 Å². The number of hydrogen-bond acceptors (Lipinski definition) is 2. The lowest BCUT2D eigenvalue weighted by atomic mass is 9.95. The molecule has 1 saturated carbocycles. The standard InChI is InChI=1S/C16H24FN3O/c1-2-10-20(16(12-18)8-3-4-9-16)15(21)19-14-7-5-6-13(17)11-14/h5-7,11H,2-4,8-10,12,18H2,1H3,(H,19,21). The van der Waals surface area contributed by atoms with Crippen LogP contribution in [-0.2, 0) is 0 Å². The van der Waals surface area contributed by atoms with Gasteiger partial charge in [-0.15, -0.1) is 0 Å². The summed E-state index contributed by atoms with van der Waals surface area (Å²) in [7, 11) is 0. The Morgan fingerprint density at radius 3 is 2.71 bits per heavy atom. The molecule has 0 heterocycles. The first-order chi connectivity index (χ1) is 10.1. The molecule has 4 nitrogen and oxygen atoms in total. The molecule has 1 aliphatic carbocycles. The summed E-state index contributed by atoms with van der Waals surface area (Å²) in [6.07, 6.45) is 4.97. The number of amides is 2. The zero-order valence-electron chi connectivity index (χ0n) is 12.6. The van der Waals surface area contributed by atoms with E-state index in [1.807, 2.05) is 11.8 Å². The fourth-order valence-corrected chi connectivity index (χ4v) is 3.15. The lowest BCUT2D eigenvalue weighted by molar-refractivity contribution is 0.129. The Morgan fingerprint density at radius 1 is 1.43 bits per heavy atom. The number of nitrogens with zero attached hydrogens (tertiary/aromatic N) is 1. The predicted octanol–water partition coefficient (Wildman–Crippen LogP) is 3.34. The average Bonchev–Trinajstić information content (AvgIpc) is 2.94. The molecule has 116 valence electrons. The minimum atomic E-state index is -0.357. The van der Waals surface area contributed by atoms with Crippen molar-refractivity contribution in [1.82, 2.24) is 4.90 Å². The molecule has 0 bridgehead atoms. The molecular weight excluding hydrogens is 269 g/mol. The van der Waals surface area contributed by atoms with E-state index in [9.17, 15) is 9.18 Å². The third kappa shape index (κ3) is 3.53. The second-order valence-corrected chi connectivity index (χ2v) is 5.73. The summed E-state index contributed by atoms with van der Waals surface area (Å²) in [4.78, 5) is 14.5. The summed E-state index contributed by atoms with van der Waals surface area (Å²) in [6.45, 7) is 3.18. The van der Waals surface area contributed by atoms with Crippen LogP contribution in [0.1, 0.15) is 39.0 Å². The van der Waals surface area contributed by atoms with Gasteiger partial charge in [0.1, 0.15) is 5.82 Å². The van der Waals surface area contributed by atoms with Gasteiger partial charge >= 0.3 is 6.03 Å². The highest BCUT2D eigenvalue weighted by molar-refractivity contribution is 5.89. The summed E-state index contributed by atoms with van der Waals surface area (Å²) in [5.74, 6) is -0.357. The third-order valence-electron chi connectivity index (χ3n) is 4.26. The number of urea groups is 1. The van der Waals surface area contributed by atoms with Crippen molar-refractivity contribution in [3.63, 3.8) is 0 Å². The number of hydrogen-bond donors (Lipinski definition) is 2. The van der Waals surface area contributed by atoms with Crippen molar-refractivity contribution in [2.75, 3.05) is 18.4 Å². The van der Waals surface area contributed by atoms with Crippen LogP contribution < -0.4 is 11.1 Å². The Bertz CT molecular complexity index is 486. The average molecular weight is 293 g/mol. The molecule has 3 N–H and O–H groups in total. The van der Waals surface area contributed by atoms with E-state index in [2.05, 4.69) is 5.32 Å². The summed E-state index contributed by atoms with van der Waals surface area (Å²) < 4.78 is 13.2. The largest absolute Gasteiger partial charge is 0.328 e. The number of carbonyl (C=O) groups is 1. The molecule has 0 atom stereocenters. The molecule has 21 heavy (non-hydrogen) atoms. The second kappa shape index (κ2) is 6.89. The topological polar surface area (TPSA) is 58.4 Å². The van der Waals surface area contributed by atoms with Gasteiger partial charge in [-0.05, 0) is 37.5 Å². The fourth-order valence-electron chi connectivity index (χ4n) is 3.15. The van der Waals surface area contributed by atoms with Crippen molar-refractivity contribution in [2.24, 2.45) is 5.73 Å². The van der Waals surface area contributed by atoms with Gasteiger partial charge in [-0.25, -0.2) is 9.18 Å². The number of benzene rings is 1. The molecule has 1 aromatic rings. The highest BCUT2D eigenvalue weighted by atomic mass is 19.1. The van der Waals surface area contributed by atoms with Crippen LogP contribution in [0.4, 0.5) is 14.9 Å². The minimum absolute atomic E-state index is 0.185. The Kier molecular flexibility index (Phi) is 5.17. The number of carbonyl (C=O) groups excluding carboxylic acids is 1. The van der Waals surface area contributed by atoms with Gasteiger partial charge in [-0.3, -0.25) is 0 Å². The van der Waals surface area contributed by atoms with E-state index in [0.29, 0.717) is 18.8 Å². The monoisotopic (exact) mass is 293 g/mol. The molecule has 0 saturated heterocycles. The first-order valence-electron chi connectivity index (χ1n) is 7.65. The molecular formula is C16H24FN3O. The number of anilines is 1. The van der Waals surface area contributed by atoms with E-state index in [1.165, 1.54) is 12.1 Å². The molecule has 0 aliphatic heterocycles. The fraction of sp³-hybridized carbons (Fsp3) is 0.562. The lowest BCUT2D eigenvalue weighted by Crippen LogP contribution is -2.56. The minimum Gasteiger partial charge on any atom is -0.328 e. The highest BCUT2D eigenvalue weighted by Crippen LogP contribution is 2.35. The molecule has 0 unspecified atom stereocenters. The van der Waals surface area contributed by atoms with Crippen LogP contribution in [0.25, 0.3) is 0 Å². The van der Waals surface area contributed by atoms with Crippen LogP contribution >= 0.6 is 0 Å². The van der Waals surface area contributed by atoms with Gasteiger partial charge in [0.05, 0.1) is 5.54 Å². The smallest absolute Gasteiger partial charge is 0.322 e. The van der Waals surface area contributed by atoms with Crippen LogP contribution in [0, 0.1) is 5.82 Å². The molecule has 1 aromatic carbocycles. The molecule has 5 heteroatoms. The van der Waals surface area contributed by atoms with Crippen LogP contribution in [0.3, 0.4) is 0 Å². The quantitative estimate of drug-likeness (QED) is 0.874. The molecule has 1 aliphatic rings. The van der Waals surface area contributed by atoms with Crippen LogP contribution in [0.5, 0.6) is 0 Å². The van der Waals surface area contributed by atoms with Gasteiger partial charge in [0.2, 0.25) is 0 Å². The van der Waals surface area contributed by atoms with Gasteiger partial charge < -0.3 is 16.0 Å². The van der Waals surface area contributed by atoms with Gasteiger partial charge in [0.15, 0.2) is 0 Å². The summed E-state index contributed by atoms with van der Waals surface area (Å²) in [5.41, 5.74) is 6.21. The molecule has 2 amide bonds. The zero-order valence-corrected chi connectivity index (χ0v) is 12.6. The first-order valence-corrected chi connectivity index (χ1v) is 7.65. The van der Waals surface area contributed by atoms with Gasteiger partial charge in [-0.2, -0.15) is 0 Å². The molecule has 0 aromatic heterocycles. The Morgan fingerprint density at radius 2 is 2.14 bits per heavy atom. The Hall–Kier alpha value is -1.62. The van der Waals surface area contributed by atoms with E-state index < -0.39 is 0 Å². The molecule has 0 radical (unpaired) electrons. The lowest BCUT2D eigenvalue weighted by Gasteiger charge is -2.40. The normalized spacial score (nSPS) is 16.7. The van der Waals surface area contributed by atoms with Crippen molar-refractivity contribution in [3.8, 4) is 0 Å². The van der Waals surface area contributed by atoms with Crippen LogP contribution in [-0.4, -0.2) is 29.6 Å². The van der Waals surface area contributed by atoms with Crippen LogP contribution in [0.15, 0.2) is 24.3 Å². The van der Waals surface area contributed by atoms with E-state index >= 15 is 0 Å². The maximum Gasteiger partial charge on any atom is 0.322 e.